The van der Waals surface area contributed by atoms with Crippen LogP contribution in [0.2, 0.25) is 0 Å². The topological polar surface area (TPSA) is 48.1 Å². The Hall–Kier alpha value is -0.870. The molecule has 1 unspecified atom stereocenters. The third-order valence-electron chi connectivity index (χ3n) is 1.46. The molecule has 0 aromatic rings. The van der Waals surface area contributed by atoms with Gasteiger partial charge in [-0.1, -0.05) is 6.58 Å². The Morgan fingerprint density at radius 2 is 2.42 bits per heavy atom. The molecule has 0 bridgehead atoms. The number of rotatable bonds is 5. The van der Waals surface area contributed by atoms with Gasteiger partial charge in [0.1, 0.15) is 6.10 Å². The third kappa shape index (κ3) is 3.02. The summed E-state index contributed by atoms with van der Waals surface area (Å²) in [5.74, 6) is -0.424. The van der Waals surface area contributed by atoms with Crippen molar-refractivity contribution in [2.75, 3.05) is 26.9 Å². The van der Waals surface area contributed by atoms with Crippen molar-refractivity contribution in [3.05, 3.63) is 12.2 Å². The fraction of sp³-hybridized carbons (Fsp3) is 0.625. The van der Waals surface area contributed by atoms with Crippen molar-refractivity contribution >= 4 is 5.97 Å². The van der Waals surface area contributed by atoms with E-state index in [0.29, 0.717) is 12.2 Å². The zero-order valence-corrected chi connectivity index (χ0v) is 7.04. The molecular formula is C8H12O4. The molecular weight excluding hydrogens is 160 g/mol. The molecule has 0 N–H and O–H groups in total. The van der Waals surface area contributed by atoms with Crippen LogP contribution >= 0.6 is 0 Å². The van der Waals surface area contributed by atoms with E-state index in [0.717, 1.165) is 6.61 Å². The average Bonchev–Trinajstić information content (AvgIpc) is 2.86. The molecule has 0 saturated carbocycles. The quantitative estimate of drug-likeness (QED) is 0.336. The number of hydrogen-bond donors (Lipinski definition) is 0. The van der Waals surface area contributed by atoms with Crippen molar-refractivity contribution in [3.63, 3.8) is 0 Å². The van der Waals surface area contributed by atoms with Crippen LogP contribution in [-0.4, -0.2) is 39.0 Å². The Morgan fingerprint density at radius 3 is 2.92 bits per heavy atom. The molecule has 4 heteroatoms. The van der Waals surface area contributed by atoms with E-state index in [9.17, 15) is 4.79 Å². The second kappa shape index (κ2) is 4.23. The molecule has 1 atom stereocenters. The smallest absolute Gasteiger partial charge is 0.335 e. The van der Waals surface area contributed by atoms with Gasteiger partial charge in [-0.3, -0.25) is 0 Å². The van der Waals surface area contributed by atoms with Crippen molar-refractivity contribution in [2.45, 2.75) is 6.10 Å². The normalized spacial score (nSPS) is 20.2. The molecule has 0 spiro atoms. The third-order valence-corrected chi connectivity index (χ3v) is 1.46. The van der Waals surface area contributed by atoms with Crippen LogP contribution in [0.4, 0.5) is 0 Å². The van der Waals surface area contributed by atoms with Crippen LogP contribution in [-0.2, 0) is 19.0 Å². The number of methoxy groups -OCH3 is 1. The molecule has 12 heavy (non-hydrogen) atoms. The lowest BCUT2D eigenvalue weighted by Crippen LogP contribution is -2.11. The van der Waals surface area contributed by atoms with Gasteiger partial charge in [0, 0.05) is 0 Å². The first kappa shape index (κ1) is 9.22. The van der Waals surface area contributed by atoms with Crippen LogP contribution in [0.25, 0.3) is 0 Å². The summed E-state index contributed by atoms with van der Waals surface area (Å²) in [6, 6.07) is 0. The second-order valence-corrected chi connectivity index (χ2v) is 2.57. The summed E-state index contributed by atoms with van der Waals surface area (Å²) in [5, 5.41) is 0. The first-order valence-corrected chi connectivity index (χ1v) is 3.69. The predicted molar refractivity (Wildman–Crippen MR) is 41.7 cm³/mol. The summed E-state index contributed by atoms with van der Waals surface area (Å²) in [5.41, 5.74) is 0.332. The first-order valence-electron chi connectivity index (χ1n) is 3.69. The number of ether oxygens (including phenoxy) is 3. The maximum Gasteiger partial charge on any atom is 0.335 e. The van der Waals surface area contributed by atoms with E-state index in [1.165, 1.54) is 7.11 Å². The lowest BCUT2D eigenvalue weighted by atomic mass is 10.3. The molecule has 0 aliphatic carbocycles. The van der Waals surface area contributed by atoms with Crippen molar-refractivity contribution in [3.8, 4) is 0 Å². The van der Waals surface area contributed by atoms with E-state index in [1.807, 2.05) is 0 Å². The highest BCUT2D eigenvalue weighted by Gasteiger charge is 2.22. The summed E-state index contributed by atoms with van der Waals surface area (Å²) in [6.45, 7) is 5.00. The van der Waals surface area contributed by atoms with E-state index < -0.39 is 5.97 Å². The second-order valence-electron chi connectivity index (χ2n) is 2.57. The minimum Gasteiger partial charge on any atom is -0.466 e. The highest BCUT2D eigenvalue weighted by molar-refractivity contribution is 5.87. The molecule has 1 saturated heterocycles. The zero-order chi connectivity index (χ0) is 8.97. The molecule has 1 rings (SSSR count). The fourth-order valence-corrected chi connectivity index (χ4v) is 0.681. The van der Waals surface area contributed by atoms with Crippen LogP contribution in [0.1, 0.15) is 0 Å². The van der Waals surface area contributed by atoms with Crippen molar-refractivity contribution in [1.82, 2.24) is 0 Å². The molecule has 0 radical (unpaired) electrons. The van der Waals surface area contributed by atoms with Gasteiger partial charge in [0.15, 0.2) is 0 Å². The summed E-state index contributed by atoms with van der Waals surface area (Å²) >= 11 is 0. The van der Waals surface area contributed by atoms with Crippen LogP contribution < -0.4 is 0 Å². The standard InChI is InChI=1S/C8H12O4/c1-6(8(9)10-2)3-11-4-7-5-12-7/h7H,1,3-5H2,2H3. The molecule has 1 heterocycles. The summed E-state index contributed by atoms with van der Waals surface area (Å²) in [4.78, 5) is 10.8. The molecule has 1 aliphatic rings. The maximum atomic E-state index is 10.8. The highest BCUT2D eigenvalue weighted by atomic mass is 16.6. The SMILES string of the molecule is C=C(COCC1CO1)C(=O)OC. The number of esters is 1. The first-order chi connectivity index (χ1) is 5.74. The van der Waals surface area contributed by atoms with Gasteiger partial charge in [-0.05, 0) is 0 Å². The van der Waals surface area contributed by atoms with Gasteiger partial charge >= 0.3 is 5.97 Å². The maximum absolute atomic E-state index is 10.8. The minimum atomic E-state index is -0.424. The lowest BCUT2D eigenvalue weighted by molar-refractivity contribution is -0.136. The Kier molecular flexibility index (Phi) is 3.25. The van der Waals surface area contributed by atoms with Gasteiger partial charge in [0.05, 0.1) is 32.5 Å². The molecule has 4 nitrogen and oxygen atoms in total. The molecule has 1 aliphatic heterocycles. The van der Waals surface area contributed by atoms with E-state index in [4.69, 9.17) is 9.47 Å². The Balaban J connectivity index is 2.04. The monoisotopic (exact) mass is 172 g/mol. The number of epoxide rings is 1. The summed E-state index contributed by atoms with van der Waals surface area (Å²) in [7, 11) is 1.32. The predicted octanol–water partition coefficient (Wildman–Crippen LogP) is 0.131. The van der Waals surface area contributed by atoms with Crippen molar-refractivity contribution in [1.29, 1.82) is 0 Å². The zero-order valence-electron chi connectivity index (χ0n) is 7.04. The summed E-state index contributed by atoms with van der Waals surface area (Å²) in [6.07, 6.45) is 0.218. The lowest BCUT2D eigenvalue weighted by Gasteiger charge is -2.03. The number of carbonyl (C=O) groups excluding carboxylic acids is 1. The van der Waals surface area contributed by atoms with E-state index in [-0.39, 0.29) is 12.7 Å². The number of hydrogen-bond acceptors (Lipinski definition) is 4. The van der Waals surface area contributed by atoms with Gasteiger partial charge in [-0.15, -0.1) is 0 Å². The molecule has 1 fully saturated rings. The number of carbonyl (C=O) groups is 1. The molecule has 0 aromatic heterocycles. The van der Waals surface area contributed by atoms with Gasteiger partial charge in [-0.2, -0.15) is 0 Å². The molecule has 68 valence electrons. The van der Waals surface area contributed by atoms with Crippen LogP contribution in [0, 0.1) is 0 Å². The van der Waals surface area contributed by atoms with Crippen LogP contribution in [0.5, 0.6) is 0 Å². The van der Waals surface area contributed by atoms with Gasteiger partial charge in [0.25, 0.3) is 0 Å². The van der Waals surface area contributed by atoms with E-state index >= 15 is 0 Å². The van der Waals surface area contributed by atoms with Crippen LogP contribution in [0.15, 0.2) is 12.2 Å². The average molecular weight is 172 g/mol. The molecule has 0 aromatic carbocycles. The highest BCUT2D eigenvalue weighted by Crippen LogP contribution is 2.09. The summed E-state index contributed by atoms with van der Waals surface area (Å²) < 4.78 is 14.5. The molecule has 0 amide bonds. The van der Waals surface area contributed by atoms with Gasteiger partial charge < -0.3 is 14.2 Å². The Bertz CT molecular complexity index is 183. The van der Waals surface area contributed by atoms with Crippen molar-refractivity contribution < 1.29 is 19.0 Å². The van der Waals surface area contributed by atoms with Gasteiger partial charge in [0.2, 0.25) is 0 Å². The van der Waals surface area contributed by atoms with E-state index in [1.54, 1.807) is 0 Å². The van der Waals surface area contributed by atoms with Crippen molar-refractivity contribution in [2.24, 2.45) is 0 Å². The van der Waals surface area contributed by atoms with E-state index in [2.05, 4.69) is 11.3 Å². The Labute approximate surface area is 71.1 Å². The minimum absolute atomic E-state index is 0.215. The van der Waals surface area contributed by atoms with Crippen LogP contribution in [0.3, 0.4) is 0 Å². The Morgan fingerprint density at radius 1 is 1.75 bits per heavy atom. The van der Waals surface area contributed by atoms with Gasteiger partial charge in [-0.25, -0.2) is 4.79 Å². The fourth-order valence-electron chi connectivity index (χ4n) is 0.681. The largest absolute Gasteiger partial charge is 0.466 e.